The summed E-state index contributed by atoms with van der Waals surface area (Å²) in [5.41, 5.74) is -0.0498. The number of carboxylic acids is 1. The molecule has 96 valence electrons. The third-order valence-corrected chi connectivity index (χ3v) is 2.97. The van der Waals surface area contributed by atoms with Crippen LogP contribution in [0.4, 0.5) is 4.79 Å². The molecule has 0 saturated heterocycles. The van der Waals surface area contributed by atoms with E-state index in [4.69, 9.17) is 5.11 Å². The number of urea groups is 1. The van der Waals surface area contributed by atoms with Crippen LogP contribution in [0.5, 0.6) is 0 Å². The van der Waals surface area contributed by atoms with E-state index in [1.54, 1.807) is 12.3 Å². The molecule has 3 N–H and O–H groups in total. The molecule has 1 aromatic heterocycles. The Morgan fingerprint density at radius 2 is 2.17 bits per heavy atom. The molecule has 7 heteroatoms. The summed E-state index contributed by atoms with van der Waals surface area (Å²) >= 11 is 0. The van der Waals surface area contributed by atoms with Gasteiger partial charge < -0.3 is 15.7 Å². The van der Waals surface area contributed by atoms with Gasteiger partial charge in [-0.3, -0.25) is 4.79 Å². The lowest BCUT2D eigenvalue weighted by atomic mass is 10.1. The van der Waals surface area contributed by atoms with Gasteiger partial charge in [-0.2, -0.15) is 0 Å². The Morgan fingerprint density at radius 3 is 2.72 bits per heavy atom. The highest BCUT2D eigenvalue weighted by atomic mass is 16.4. The number of aromatic nitrogens is 2. The van der Waals surface area contributed by atoms with Crippen LogP contribution in [0.3, 0.4) is 0 Å². The third-order valence-electron chi connectivity index (χ3n) is 2.97. The highest BCUT2D eigenvalue weighted by Gasteiger charge is 2.50. The van der Waals surface area contributed by atoms with Gasteiger partial charge in [-0.25, -0.2) is 14.8 Å². The summed E-state index contributed by atoms with van der Waals surface area (Å²) in [7, 11) is 0. The zero-order valence-electron chi connectivity index (χ0n) is 9.72. The highest BCUT2D eigenvalue weighted by Crippen LogP contribution is 2.45. The predicted molar refractivity (Wildman–Crippen MR) is 61.6 cm³/mol. The zero-order valence-corrected chi connectivity index (χ0v) is 9.72. The van der Waals surface area contributed by atoms with Crippen molar-refractivity contribution >= 4 is 12.0 Å². The summed E-state index contributed by atoms with van der Waals surface area (Å²) in [6.07, 6.45) is 4.23. The van der Waals surface area contributed by atoms with Gasteiger partial charge in [0.15, 0.2) is 0 Å². The van der Waals surface area contributed by atoms with E-state index in [2.05, 4.69) is 20.6 Å². The maximum Gasteiger partial charge on any atom is 0.315 e. The van der Waals surface area contributed by atoms with Gasteiger partial charge in [0.25, 0.3) is 0 Å². The standard InChI is InChI=1S/C11H14N4O3/c16-9(17)11(2-3-11)6-14-10(18)13-5-8-1-4-12-7-15-8/h1,4,7H,2-3,5-6H2,(H,16,17)(H2,13,14,18). The summed E-state index contributed by atoms with van der Waals surface area (Å²) in [5.74, 6) is -0.849. The molecule has 0 aromatic carbocycles. The monoisotopic (exact) mass is 250 g/mol. The minimum absolute atomic E-state index is 0.165. The van der Waals surface area contributed by atoms with Crippen molar-refractivity contribution in [3.63, 3.8) is 0 Å². The lowest BCUT2D eigenvalue weighted by Crippen LogP contribution is -2.40. The minimum atomic E-state index is -0.849. The van der Waals surface area contributed by atoms with E-state index >= 15 is 0 Å². The Hall–Kier alpha value is -2.18. The number of carboxylic acid groups (broad SMARTS) is 1. The molecule has 1 fully saturated rings. The van der Waals surface area contributed by atoms with Crippen molar-refractivity contribution in [2.45, 2.75) is 19.4 Å². The average Bonchev–Trinajstić information content (AvgIpc) is 3.16. The molecule has 0 spiro atoms. The van der Waals surface area contributed by atoms with Crippen molar-refractivity contribution < 1.29 is 14.7 Å². The van der Waals surface area contributed by atoms with Crippen LogP contribution >= 0.6 is 0 Å². The van der Waals surface area contributed by atoms with E-state index in [-0.39, 0.29) is 19.1 Å². The quantitative estimate of drug-likeness (QED) is 0.689. The van der Waals surface area contributed by atoms with Gasteiger partial charge in [0, 0.05) is 12.7 Å². The molecule has 1 saturated carbocycles. The lowest BCUT2D eigenvalue weighted by molar-refractivity contribution is -0.143. The fourth-order valence-electron chi connectivity index (χ4n) is 1.52. The second-order valence-corrected chi connectivity index (χ2v) is 4.32. The molecule has 0 bridgehead atoms. The third kappa shape index (κ3) is 2.93. The number of nitrogens with zero attached hydrogens (tertiary/aromatic N) is 2. The normalized spacial score (nSPS) is 15.8. The molecule has 0 unspecified atom stereocenters. The molecule has 1 aliphatic carbocycles. The second-order valence-electron chi connectivity index (χ2n) is 4.32. The van der Waals surface area contributed by atoms with Crippen LogP contribution in [0.15, 0.2) is 18.6 Å². The molecule has 7 nitrogen and oxygen atoms in total. The van der Waals surface area contributed by atoms with E-state index in [9.17, 15) is 9.59 Å². The second kappa shape index (κ2) is 4.99. The summed E-state index contributed by atoms with van der Waals surface area (Å²) in [4.78, 5) is 30.1. The summed E-state index contributed by atoms with van der Waals surface area (Å²) < 4.78 is 0. The maximum atomic E-state index is 11.5. The van der Waals surface area contributed by atoms with E-state index in [0.717, 1.165) is 0 Å². The van der Waals surface area contributed by atoms with E-state index in [1.807, 2.05) is 0 Å². The van der Waals surface area contributed by atoms with Gasteiger partial charge in [0.1, 0.15) is 6.33 Å². The van der Waals surface area contributed by atoms with Crippen LogP contribution in [0.25, 0.3) is 0 Å². The molecule has 0 radical (unpaired) electrons. The van der Waals surface area contributed by atoms with Crippen LogP contribution in [0.2, 0.25) is 0 Å². The molecule has 2 rings (SSSR count). The first-order chi connectivity index (χ1) is 8.62. The predicted octanol–water partition coefficient (Wildman–Crippen LogP) is 0.141. The van der Waals surface area contributed by atoms with Gasteiger partial charge in [-0.15, -0.1) is 0 Å². The number of aliphatic carboxylic acids is 1. The number of hydrogen-bond acceptors (Lipinski definition) is 4. The van der Waals surface area contributed by atoms with Crippen molar-refractivity contribution in [1.82, 2.24) is 20.6 Å². The van der Waals surface area contributed by atoms with E-state index in [1.165, 1.54) is 6.33 Å². The zero-order chi connectivity index (χ0) is 13.0. The first-order valence-electron chi connectivity index (χ1n) is 5.62. The number of carbonyl (C=O) groups excluding carboxylic acids is 1. The molecule has 1 aliphatic rings. The topological polar surface area (TPSA) is 104 Å². The summed E-state index contributed by atoms with van der Waals surface area (Å²) in [6, 6.07) is 1.31. The van der Waals surface area contributed by atoms with Crippen LogP contribution in [-0.4, -0.2) is 33.6 Å². The largest absolute Gasteiger partial charge is 0.481 e. The molecule has 1 heterocycles. The number of carbonyl (C=O) groups is 2. The van der Waals surface area contributed by atoms with Crippen molar-refractivity contribution in [3.8, 4) is 0 Å². The Bertz CT molecular complexity index is 445. The van der Waals surface area contributed by atoms with Crippen LogP contribution < -0.4 is 10.6 Å². The molecule has 1 aromatic rings. The van der Waals surface area contributed by atoms with Crippen molar-refractivity contribution in [2.75, 3.05) is 6.54 Å². The van der Waals surface area contributed by atoms with Gasteiger partial charge >= 0.3 is 12.0 Å². The first kappa shape index (κ1) is 12.3. The lowest BCUT2D eigenvalue weighted by Gasteiger charge is -2.11. The number of rotatable bonds is 5. The van der Waals surface area contributed by atoms with Crippen LogP contribution in [0, 0.1) is 5.41 Å². The molecular weight excluding hydrogens is 236 g/mol. The van der Waals surface area contributed by atoms with Crippen LogP contribution in [-0.2, 0) is 11.3 Å². The van der Waals surface area contributed by atoms with Gasteiger partial charge in [-0.1, -0.05) is 0 Å². The van der Waals surface area contributed by atoms with Crippen LogP contribution in [0.1, 0.15) is 18.5 Å². The Balaban J connectivity index is 1.72. The SMILES string of the molecule is O=C(NCc1ccncn1)NCC1(C(=O)O)CC1. The fraction of sp³-hybridized carbons (Fsp3) is 0.455. The average molecular weight is 250 g/mol. The van der Waals surface area contributed by atoms with E-state index < -0.39 is 11.4 Å². The Morgan fingerprint density at radius 1 is 1.39 bits per heavy atom. The number of nitrogens with one attached hydrogen (secondary N) is 2. The number of amides is 2. The van der Waals surface area contributed by atoms with Crippen molar-refractivity contribution in [2.24, 2.45) is 5.41 Å². The maximum absolute atomic E-state index is 11.5. The first-order valence-corrected chi connectivity index (χ1v) is 5.62. The Labute approximate surface area is 104 Å². The fourth-order valence-corrected chi connectivity index (χ4v) is 1.52. The van der Waals surface area contributed by atoms with Crippen molar-refractivity contribution in [1.29, 1.82) is 0 Å². The van der Waals surface area contributed by atoms with Gasteiger partial charge in [0.05, 0.1) is 17.7 Å². The molecular formula is C11H14N4O3. The van der Waals surface area contributed by atoms with Gasteiger partial charge in [0.2, 0.25) is 0 Å². The molecule has 2 amide bonds. The molecule has 0 atom stereocenters. The minimum Gasteiger partial charge on any atom is -0.481 e. The summed E-state index contributed by atoms with van der Waals surface area (Å²) in [6.45, 7) is 0.451. The molecule has 0 aliphatic heterocycles. The summed E-state index contributed by atoms with van der Waals surface area (Å²) in [5, 5.41) is 14.1. The number of hydrogen-bond donors (Lipinski definition) is 3. The van der Waals surface area contributed by atoms with E-state index in [0.29, 0.717) is 18.5 Å². The Kier molecular flexibility index (Phi) is 3.40. The van der Waals surface area contributed by atoms with Crippen molar-refractivity contribution in [3.05, 3.63) is 24.3 Å². The highest BCUT2D eigenvalue weighted by molar-refractivity contribution is 5.80. The molecule has 18 heavy (non-hydrogen) atoms. The smallest absolute Gasteiger partial charge is 0.315 e. The van der Waals surface area contributed by atoms with Gasteiger partial charge in [-0.05, 0) is 18.9 Å².